The number of unbranched alkanes of at least 4 members (excludes halogenated alkanes) is 5. The summed E-state index contributed by atoms with van der Waals surface area (Å²) in [6.07, 6.45) is 8.27. The Balaban J connectivity index is 1.61. The second kappa shape index (κ2) is 10.0. The molecule has 0 spiro atoms. The molecular formula is C19H27NO2S2. The van der Waals surface area contributed by atoms with Gasteiger partial charge in [-0.05, 0) is 31.4 Å². The van der Waals surface area contributed by atoms with Crippen LogP contribution in [-0.2, 0) is 4.79 Å². The van der Waals surface area contributed by atoms with Gasteiger partial charge in [0.1, 0.15) is 0 Å². The Labute approximate surface area is 152 Å². The molecule has 3 nitrogen and oxygen atoms in total. The number of hydrogen-bond donors (Lipinski definition) is 1. The van der Waals surface area contributed by atoms with Crippen molar-refractivity contribution in [2.75, 3.05) is 0 Å². The van der Waals surface area contributed by atoms with E-state index < -0.39 is 5.97 Å². The van der Waals surface area contributed by atoms with Gasteiger partial charge < -0.3 is 5.11 Å². The van der Waals surface area contributed by atoms with Crippen LogP contribution in [0.25, 0.3) is 10.2 Å². The van der Waals surface area contributed by atoms with Crippen molar-refractivity contribution in [1.82, 2.24) is 4.98 Å². The van der Waals surface area contributed by atoms with Crippen molar-refractivity contribution in [2.24, 2.45) is 0 Å². The molecule has 0 amide bonds. The second-order valence-electron chi connectivity index (χ2n) is 6.38. The van der Waals surface area contributed by atoms with E-state index in [9.17, 15) is 4.79 Å². The fraction of sp³-hybridized carbons (Fsp3) is 0.579. The molecule has 0 radical (unpaired) electrons. The van der Waals surface area contributed by atoms with Crippen LogP contribution in [0.15, 0.2) is 22.5 Å². The maximum Gasteiger partial charge on any atom is 0.303 e. The average molecular weight is 366 g/mol. The van der Waals surface area contributed by atoms with Crippen molar-refractivity contribution in [1.29, 1.82) is 0 Å². The zero-order valence-corrected chi connectivity index (χ0v) is 16.2. The first kappa shape index (κ1) is 19.3. The first-order chi connectivity index (χ1) is 11.6. The van der Waals surface area contributed by atoms with Crippen LogP contribution in [0.1, 0.15) is 63.9 Å². The number of thiazole rings is 1. The van der Waals surface area contributed by atoms with Crippen LogP contribution in [-0.4, -0.2) is 21.3 Å². The predicted octanol–water partition coefficient (Wildman–Crippen LogP) is 6.29. The molecule has 2 rings (SSSR count). The summed E-state index contributed by atoms with van der Waals surface area (Å²) in [6, 6.07) is 6.37. The van der Waals surface area contributed by atoms with E-state index in [1.54, 1.807) is 11.3 Å². The van der Waals surface area contributed by atoms with Crippen LogP contribution < -0.4 is 0 Å². The van der Waals surface area contributed by atoms with E-state index in [0.717, 1.165) is 24.8 Å². The fourth-order valence-electron chi connectivity index (χ4n) is 2.76. The number of aryl methyl sites for hydroxylation is 1. The van der Waals surface area contributed by atoms with Crippen LogP contribution in [0.2, 0.25) is 0 Å². The van der Waals surface area contributed by atoms with Crippen LogP contribution in [0.3, 0.4) is 0 Å². The summed E-state index contributed by atoms with van der Waals surface area (Å²) in [5.41, 5.74) is 2.41. The number of carboxylic acid groups (broad SMARTS) is 1. The van der Waals surface area contributed by atoms with Gasteiger partial charge >= 0.3 is 5.97 Å². The summed E-state index contributed by atoms with van der Waals surface area (Å²) >= 11 is 3.69. The molecule has 1 atom stereocenters. The Bertz CT molecular complexity index is 654. The molecule has 0 aliphatic rings. The van der Waals surface area contributed by atoms with Crippen LogP contribution in [0, 0.1) is 6.92 Å². The van der Waals surface area contributed by atoms with Crippen molar-refractivity contribution in [2.45, 2.75) is 74.8 Å². The molecule has 0 saturated heterocycles. The Kier molecular flexibility index (Phi) is 8.06. The van der Waals surface area contributed by atoms with Gasteiger partial charge in [0.25, 0.3) is 0 Å². The summed E-state index contributed by atoms with van der Waals surface area (Å²) in [5.74, 6) is -0.675. The highest BCUT2D eigenvalue weighted by atomic mass is 32.2. The molecule has 0 bridgehead atoms. The van der Waals surface area contributed by atoms with Gasteiger partial charge in [0.15, 0.2) is 4.34 Å². The maximum absolute atomic E-state index is 10.4. The highest BCUT2D eigenvalue weighted by Gasteiger charge is 2.10. The number of benzene rings is 1. The van der Waals surface area contributed by atoms with Crippen LogP contribution >= 0.6 is 23.1 Å². The minimum Gasteiger partial charge on any atom is -0.481 e. The first-order valence-corrected chi connectivity index (χ1v) is 10.5. The van der Waals surface area contributed by atoms with Crippen molar-refractivity contribution >= 4 is 39.3 Å². The Morgan fingerprint density at radius 2 is 1.92 bits per heavy atom. The van der Waals surface area contributed by atoms with Gasteiger partial charge in [-0.1, -0.05) is 62.9 Å². The number of para-hydroxylation sites is 1. The molecule has 1 aromatic heterocycles. The van der Waals surface area contributed by atoms with Crippen molar-refractivity contribution in [3.8, 4) is 0 Å². The highest BCUT2D eigenvalue weighted by molar-refractivity contribution is 8.01. The van der Waals surface area contributed by atoms with E-state index >= 15 is 0 Å². The Morgan fingerprint density at radius 3 is 2.62 bits per heavy atom. The van der Waals surface area contributed by atoms with E-state index in [1.165, 1.54) is 40.3 Å². The van der Waals surface area contributed by atoms with Crippen LogP contribution in [0.5, 0.6) is 0 Å². The van der Waals surface area contributed by atoms with E-state index in [-0.39, 0.29) is 0 Å². The lowest BCUT2D eigenvalue weighted by Crippen LogP contribution is -1.96. The summed E-state index contributed by atoms with van der Waals surface area (Å²) in [7, 11) is 0. The number of rotatable bonds is 11. The number of aromatic nitrogens is 1. The molecule has 1 N–H and O–H groups in total. The van der Waals surface area contributed by atoms with Crippen molar-refractivity contribution in [3.63, 3.8) is 0 Å². The topological polar surface area (TPSA) is 50.2 Å². The molecule has 0 fully saturated rings. The second-order valence-corrected chi connectivity index (χ2v) is 9.10. The molecule has 0 aliphatic heterocycles. The largest absolute Gasteiger partial charge is 0.481 e. The smallest absolute Gasteiger partial charge is 0.303 e. The minimum atomic E-state index is -0.675. The number of carbonyl (C=O) groups is 1. The third kappa shape index (κ3) is 6.44. The Morgan fingerprint density at radius 1 is 1.21 bits per heavy atom. The molecule has 5 heteroatoms. The van der Waals surface area contributed by atoms with Gasteiger partial charge in [0.05, 0.1) is 10.2 Å². The summed E-state index contributed by atoms with van der Waals surface area (Å²) in [4.78, 5) is 15.2. The van der Waals surface area contributed by atoms with Crippen molar-refractivity contribution in [3.05, 3.63) is 23.8 Å². The standard InChI is InChI=1S/C19H27NO2S2/c1-14-10-9-12-16-18(14)20-19(24-16)23-15(2)11-7-5-3-4-6-8-13-17(21)22/h9-10,12,15H,3-8,11,13H2,1-2H3,(H,21,22). The maximum atomic E-state index is 10.4. The highest BCUT2D eigenvalue weighted by Crippen LogP contribution is 2.34. The number of aliphatic carboxylic acids is 1. The molecule has 2 aromatic rings. The quantitative estimate of drug-likeness (QED) is 0.375. The molecule has 1 heterocycles. The number of thioether (sulfide) groups is 1. The van der Waals surface area contributed by atoms with Crippen molar-refractivity contribution < 1.29 is 9.90 Å². The molecule has 1 unspecified atom stereocenters. The lowest BCUT2D eigenvalue weighted by Gasteiger charge is -2.08. The number of nitrogens with zero attached hydrogens (tertiary/aromatic N) is 1. The molecule has 0 aliphatic carbocycles. The van der Waals surface area contributed by atoms with E-state index in [1.807, 2.05) is 11.8 Å². The lowest BCUT2D eigenvalue weighted by atomic mass is 10.1. The van der Waals surface area contributed by atoms with Gasteiger partial charge in [0, 0.05) is 11.7 Å². The first-order valence-electron chi connectivity index (χ1n) is 8.81. The van der Waals surface area contributed by atoms with Gasteiger partial charge in [-0.2, -0.15) is 0 Å². The number of carboxylic acids is 1. The average Bonchev–Trinajstić information content (AvgIpc) is 2.93. The molecule has 132 valence electrons. The number of fused-ring (bicyclic) bond motifs is 1. The zero-order valence-electron chi connectivity index (χ0n) is 14.6. The zero-order chi connectivity index (χ0) is 17.4. The predicted molar refractivity (Wildman–Crippen MR) is 104 cm³/mol. The van der Waals surface area contributed by atoms with E-state index in [2.05, 4.69) is 32.0 Å². The van der Waals surface area contributed by atoms with Gasteiger partial charge in [-0.25, -0.2) is 4.98 Å². The summed E-state index contributed by atoms with van der Waals surface area (Å²) in [5, 5.41) is 9.19. The third-order valence-corrected chi connectivity index (χ3v) is 6.44. The molecule has 1 aromatic carbocycles. The SMILES string of the molecule is Cc1cccc2sc(SC(C)CCCCCCCCC(=O)O)nc12. The fourth-order valence-corrected chi connectivity index (χ4v) is 5.26. The molecule has 0 saturated carbocycles. The van der Waals surface area contributed by atoms with Gasteiger partial charge in [-0.15, -0.1) is 11.3 Å². The van der Waals surface area contributed by atoms with E-state index in [4.69, 9.17) is 10.1 Å². The normalized spacial score (nSPS) is 12.6. The van der Waals surface area contributed by atoms with Gasteiger partial charge in [0.2, 0.25) is 0 Å². The van der Waals surface area contributed by atoms with Gasteiger partial charge in [-0.3, -0.25) is 4.79 Å². The molecule has 24 heavy (non-hydrogen) atoms. The minimum absolute atomic E-state index is 0.315. The molecular weight excluding hydrogens is 338 g/mol. The summed E-state index contributed by atoms with van der Waals surface area (Å²) < 4.78 is 2.46. The third-order valence-electron chi connectivity index (χ3n) is 4.15. The number of hydrogen-bond acceptors (Lipinski definition) is 4. The monoisotopic (exact) mass is 365 g/mol. The van der Waals surface area contributed by atoms with E-state index in [0.29, 0.717) is 11.7 Å². The Hall–Kier alpha value is -1.07. The van der Waals surface area contributed by atoms with Crippen LogP contribution in [0.4, 0.5) is 0 Å². The lowest BCUT2D eigenvalue weighted by molar-refractivity contribution is -0.137. The summed E-state index contributed by atoms with van der Waals surface area (Å²) in [6.45, 7) is 4.41.